The van der Waals surface area contributed by atoms with Gasteiger partial charge in [-0.05, 0) is 37.4 Å². The molecule has 2 unspecified atom stereocenters. The quantitative estimate of drug-likeness (QED) is 0.895. The van der Waals surface area contributed by atoms with Crippen molar-refractivity contribution >= 4 is 6.08 Å². The lowest BCUT2D eigenvalue weighted by atomic mass is 9.90. The second-order valence-corrected chi connectivity index (χ2v) is 5.07. The summed E-state index contributed by atoms with van der Waals surface area (Å²) >= 11 is 0. The van der Waals surface area contributed by atoms with Gasteiger partial charge in [0.05, 0.1) is 12.7 Å². The summed E-state index contributed by atoms with van der Waals surface area (Å²) in [4.78, 5) is 0. The lowest BCUT2D eigenvalue weighted by Crippen LogP contribution is -2.36. The summed E-state index contributed by atoms with van der Waals surface area (Å²) in [7, 11) is 1.57. The summed E-state index contributed by atoms with van der Waals surface area (Å²) < 4.78 is 19.0. The zero-order valence-electron chi connectivity index (χ0n) is 11.7. The van der Waals surface area contributed by atoms with Gasteiger partial charge in [-0.15, -0.1) is 0 Å². The van der Waals surface area contributed by atoms with Crippen LogP contribution in [-0.4, -0.2) is 19.7 Å². The molecule has 0 radical (unpaired) electrons. The number of hydrogen-bond acceptors (Lipinski definition) is 2. The van der Waals surface area contributed by atoms with Gasteiger partial charge in [0, 0.05) is 6.04 Å². The highest BCUT2D eigenvalue weighted by molar-refractivity contribution is 5.58. The molecule has 0 aliphatic carbocycles. The van der Waals surface area contributed by atoms with Gasteiger partial charge in [0.1, 0.15) is 11.6 Å². The van der Waals surface area contributed by atoms with Crippen LogP contribution in [0.1, 0.15) is 31.7 Å². The number of halogens is 1. The van der Waals surface area contributed by atoms with Gasteiger partial charge in [-0.3, -0.25) is 0 Å². The summed E-state index contributed by atoms with van der Waals surface area (Å²) in [5, 5.41) is 3.46. The maximum Gasteiger partial charge on any atom is 0.134 e. The molecule has 104 valence electrons. The van der Waals surface area contributed by atoms with E-state index in [1.165, 1.54) is 18.9 Å². The summed E-state index contributed by atoms with van der Waals surface area (Å²) in [6.07, 6.45) is 7.48. The van der Waals surface area contributed by atoms with E-state index in [1.807, 2.05) is 6.08 Å². The number of hydrogen-bond donors (Lipinski definition) is 1. The molecule has 0 aromatic heterocycles. The van der Waals surface area contributed by atoms with Crippen molar-refractivity contribution in [2.75, 3.05) is 13.7 Å². The minimum atomic E-state index is -0.238. The first-order valence-corrected chi connectivity index (χ1v) is 6.98. The van der Waals surface area contributed by atoms with Gasteiger partial charge >= 0.3 is 0 Å². The Morgan fingerprint density at radius 2 is 2.32 bits per heavy atom. The Morgan fingerprint density at radius 1 is 1.47 bits per heavy atom. The van der Waals surface area contributed by atoms with Crippen LogP contribution in [0.4, 0.5) is 4.39 Å². The fourth-order valence-electron chi connectivity index (χ4n) is 2.62. The van der Waals surface area contributed by atoms with Crippen LogP contribution < -0.4 is 10.1 Å². The topological polar surface area (TPSA) is 21.3 Å². The van der Waals surface area contributed by atoms with E-state index in [2.05, 4.69) is 18.3 Å². The molecule has 0 spiro atoms. The van der Waals surface area contributed by atoms with E-state index in [1.54, 1.807) is 19.2 Å². The molecule has 1 aromatic carbocycles. The largest absolute Gasteiger partial charge is 0.496 e. The third-order valence-electron chi connectivity index (χ3n) is 3.85. The molecular weight excluding hydrogens is 241 g/mol. The minimum Gasteiger partial charge on any atom is -0.496 e. The van der Waals surface area contributed by atoms with Crippen molar-refractivity contribution in [3.05, 3.63) is 35.7 Å². The Labute approximate surface area is 114 Å². The van der Waals surface area contributed by atoms with Crippen LogP contribution in [0.25, 0.3) is 6.08 Å². The van der Waals surface area contributed by atoms with E-state index in [9.17, 15) is 4.39 Å². The van der Waals surface area contributed by atoms with E-state index in [0.29, 0.717) is 17.4 Å². The third kappa shape index (κ3) is 3.57. The summed E-state index contributed by atoms with van der Waals surface area (Å²) in [5.74, 6) is 1.12. The van der Waals surface area contributed by atoms with E-state index < -0.39 is 0 Å². The van der Waals surface area contributed by atoms with Gasteiger partial charge in [-0.2, -0.15) is 0 Å². The van der Waals surface area contributed by atoms with E-state index >= 15 is 0 Å². The van der Waals surface area contributed by atoms with Crippen LogP contribution >= 0.6 is 0 Å². The van der Waals surface area contributed by atoms with Gasteiger partial charge in [0.25, 0.3) is 0 Å². The number of methoxy groups -OCH3 is 1. The zero-order chi connectivity index (χ0) is 13.7. The predicted octanol–water partition coefficient (Wildman–Crippen LogP) is 3.63. The number of benzene rings is 1. The molecule has 0 saturated carbocycles. The molecule has 1 fully saturated rings. The van der Waals surface area contributed by atoms with Crippen LogP contribution in [0, 0.1) is 11.7 Å². The third-order valence-corrected chi connectivity index (χ3v) is 3.85. The molecule has 19 heavy (non-hydrogen) atoms. The first-order valence-electron chi connectivity index (χ1n) is 6.98. The van der Waals surface area contributed by atoms with Crippen LogP contribution in [0.2, 0.25) is 0 Å². The summed E-state index contributed by atoms with van der Waals surface area (Å²) in [5.41, 5.74) is 0.533. The molecule has 0 bridgehead atoms. The standard InChI is InChI=1S/C16H22FNO/c1-3-12-9-10-18-13(11-12)7-8-14-15(17)5-4-6-16(14)19-2/h4-8,12-13,18H,3,9-11H2,1-2H3/b8-7+. The molecule has 3 heteroatoms. The van der Waals surface area contributed by atoms with Crippen molar-refractivity contribution in [3.63, 3.8) is 0 Å². The molecule has 2 rings (SSSR count). The van der Waals surface area contributed by atoms with Crippen LogP contribution in [0.3, 0.4) is 0 Å². The van der Waals surface area contributed by atoms with Crippen LogP contribution in [0.5, 0.6) is 5.75 Å². The van der Waals surface area contributed by atoms with Crippen LogP contribution in [-0.2, 0) is 0 Å². The van der Waals surface area contributed by atoms with E-state index in [0.717, 1.165) is 18.9 Å². The van der Waals surface area contributed by atoms with Crippen molar-refractivity contribution in [3.8, 4) is 5.75 Å². The van der Waals surface area contributed by atoms with Crippen molar-refractivity contribution in [2.45, 2.75) is 32.2 Å². The van der Waals surface area contributed by atoms with Gasteiger partial charge in [0.15, 0.2) is 0 Å². The second kappa shape index (κ2) is 6.71. The lowest BCUT2D eigenvalue weighted by molar-refractivity contribution is 0.326. The molecule has 0 amide bonds. The van der Waals surface area contributed by atoms with Crippen LogP contribution in [0.15, 0.2) is 24.3 Å². The van der Waals surface area contributed by atoms with Gasteiger partial charge in [0.2, 0.25) is 0 Å². The highest BCUT2D eigenvalue weighted by atomic mass is 19.1. The molecule has 2 nitrogen and oxygen atoms in total. The van der Waals surface area contributed by atoms with E-state index in [-0.39, 0.29) is 5.82 Å². The number of piperidine rings is 1. The van der Waals surface area contributed by atoms with Crippen molar-refractivity contribution in [2.24, 2.45) is 5.92 Å². The highest BCUT2D eigenvalue weighted by Crippen LogP contribution is 2.24. The van der Waals surface area contributed by atoms with Gasteiger partial charge < -0.3 is 10.1 Å². The monoisotopic (exact) mass is 263 g/mol. The Morgan fingerprint density at radius 3 is 3.05 bits per heavy atom. The number of ether oxygens (including phenoxy) is 1. The molecule has 2 atom stereocenters. The first-order chi connectivity index (χ1) is 9.24. The molecule has 1 saturated heterocycles. The minimum absolute atomic E-state index is 0.238. The molecular formula is C16H22FNO. The number of rotatable bonds is 4. The van der Waals surface area contributed by atoms with Crippen molar-refractivity contribution in [1.29, 1.82) is 0 Å². The fraction of sp³-hybridized carbons (Fsp3) is 0.500. The molecule has 1 aliphatic heterocycles. The molecule has 1 aromatic rings. The Hall–Kier alpha value is -1.35. The normalized spacial score (nSPS) is 23.7. The predicted molar refractivity (Wildman–Crippen MR) is 76.8 cm³/mol. The second-order valence-electron chi connectivity index (χ2n) is 5.07. The van der Waals surface area contributed by atoms with Crippen molar-refractivity contribution in [1.82, 2.24) is 5.32 Å². The molecule has 1 N–H and O–H groups in total. The molecule has 1 heterocycles. The first kappa shape index (κ1) is 14.1. The fourth-order valence-corrected chi connectivity index (χ4v) is 2.62. The Kier molecular flexibility index (Phi) is 4.97. The SMILES string of the molecule is CCC1CCNC(/C=C/c2c(F)cccc2OC)C1. The Balaban J connectivity index is 2.10. The smallest absolute Gasteiger partial charge is 0.134 e. The molecule has 1 aliphatic rings. The number of nitrogens with one attached hydrogen (secondary N) is 1. The maximum atomic E-state index is 13.8. The van der Waals surface area contributed by atoms with Gasteiger partial charge in [-0.1, -0.05) is 31.6 Å². The summed E-state index contributed by atoms with van der Waals surface area (Å²) in [6.45, 7) is 3.28. The summed E-state index contributed by atoms with van der Waals surface area (Å²) in [6, 6.07) is 5.25. The highest BCUT2D eigenvalue weighted by Gasteiger charge is 2.18. The average Bonchev–Trinajstić information content (AvgIpc) is 2.46. The lowest BCUT2D eigenvalue weighted by Gasteiger charge is -2.27. The van der Waals surface area contributed by atoms with E-state index in [4.69, 9.17) is 4.74 Å². The zero-order valence-corrected chi connectivity index (χ0v) is 11.7. The Bertz CT molecular complexity index is 444. The maximum absolute atomic E-state index is 13.8. The average molecular weight is 263 g/mol. The van der Waals surface area contributed by atoms with Crippen molar-refractivity contribution < 1.29 is 9.13 Å². The van der Waals surface area contributed by atoms with Gasteiger partial charge in [-0.25, -0.2) is 4.39 Å².